The summed E-state index contributed by atoms with van der Waals surface area (Å²) in [6.07, 6.45) is 0. The maximum absolute atomic E-state index is 11.6. The van der Waals surface area contributed by atoms with Gasteiger partial charge in [-0.25, -0.2) is 0 Å². The highest BCUT2D eigenvalue weighted by atomic mass is 16.5. The van der Waals surface area contributed by atoms with Crippen molar-refractivity contribution in [2.24, 2.45) is 0 Å². The van der Waals surface area contributed by atoms with Crippen molar-refractivity contribution in [2.45, 2.75) is 13.8 Å². The summed E-state index contributed by atoms with van der Waals surface area (Å²) in [6, 6.07) is 0. The van der Waals surface area contributed by atoms with E-state index in [9.17, 15) is 19.2 Å². The van der Waals surface area contributed by atoms with E-state index in [0.717, 1.165) is 0 Å². The van der Waals surface area contributed by atoms with Crippen LogP contribution in [0.1, 0.15) is 13.8 Å². The van der Waals surface area contributed by atoms with Gasteiger partial charge < -0.3 is 49.7 Å². The SMILES string of the molecule is CCNC(=O)COCCOCCNC(=O)COCCOCCNC(=O)COCCOCCNC(C)=O. The fourth-order valence-corrected chi connectivity index (χ4v) is 2.33. The van der Waals surface area contributed by atoms with Crippen molar-refractivity contribution < 1.29 is 47.6 Å². The highest BCUT2D eigenvalue weighted by Crippen LogP contribution is 1.83. The predicted molar refractivity (Wildman–Crippen MR) is 128 cm³/mol. The van der Waals surface area contributed by atoms with Crippen LogP contribution >= 0.6 is 0 Å². The average molecular weight is 523 g/mol. The van der Waals surface area contributed by atoms with Crippen molar-refractivity contribution in [1.29, 1.82) is 0 Å². The molecule has 0 aliphatic carbocycles. The van der Waals surface area contributed by atoms with Crippen LogP contribution in [0.2, 0.25) is 0 Å². The zero-order chi connectivity index (χ0) is 26.7. The molecule has 0 saturated carbocycles. The first-order chi connectivity index (χ1) is 17.5. The molecule has 0 fully saturated rings. The molecule has 0 rings (SSSR count). The summed E-state index contributed by atoms with van der Waals surface area (Å²) in [5.41, 5.74) is 0. The molecule has 0 saturated heterocycles. The number of ether oxygens (including phenoxy) is 6. The van der Waals surface area contributed by atoms with Gasteiger partial charge in [-0.05, 0) is 6.92 Å². The van der Waals surface area contributed by atoms with Crippen molar-refractivity contribution in [2.75, 3.05) is 105 Å². The van der Waals surface area contributed by atoms with E-state index in [1.807, 2.05) is 6.92 Å². The number of rotatable bonds is 25. The summed E-state index contributed by atoms with van der Waals surface area (Å²) >= 11 is 0. The Labute approximate surface area is 212 Å². The van der Waals surface area contributed by atoms with Gasteiger partial charge in [0.25, 0.3) is 0 Å². The zero-order valence-corrected chi connectivity index (χ0v) is 21.4. The Kier molecular flexibility index (Phi) is 24.0. The molecule has 0 radical (unpaired) electrons. The highest BCUT2D eigenvalue weighted by Gasteiger charge is 2.03. The number of hydrogen-bond acceptors (Lipinski definition) is 10. The first kappa shape index (κ1) is 33.6. The van der Waals surface area contributed by atoms with Crippen LogP contribution in [0.4, 0.5) is 0 Å². The lowest BCUT2D eigenvalue weighted by Gasteiger charge is -2.09. The molecular weight excluding hydrogens is 480 g/mol. The topological polar surface area (TPSA) is 172 Å². The Morgan fingerprint density at radius 1 is 0.472 bits per heavy atom. The number of carbonyl (C=O) groups is 4. The molecule has 0 spiro atoms. The maximum Gasteiger partial charge on any atom is 0.246 e. The van der Waals surface area contributed by atoms with Gasteiger partial charge in [0.05, 0.1) is 59.5 Å². The van der Waals surface area contributed by atoms with E-state index in [-0.39, 0.29) is 63.3 Å². The number of nitrogens with one attached hydrogen (secondary N) is 4. The summed E-state index contributed by atoms with van der Waals surface area (Å²) in [7, 11) is 0. The van der Waals surface area contributed by atoms with E-state index < -0.39 is 0 Å². The molecule has 0 aliphatic rings. The summed E-state index contributed by atoms with van der Waals surface area (Å²) in [4.78, 5) is 45.1. The van der Waals surface area contributed by atoms with Gasteiger partial charge in [-0.2, -0.15) is 0 Å². The van der Waals surface area contributed by atoms with Crippen LogP contribution in [0.5, 0.6) is 0 Å². The minimum Gasteiger partial charge on any atom is -0.377 e. The van der Waals surface area contributed by atoms with Gasteiger partial charge in [-0.1, -0.05) is 0 Å². The second-order valence-electron chi connectivity index (χ2n) is 7.13. The van der Waals surface area contributed by atoms with E-state index in [1.54, 1.807) is 0 Å². The molecule has 0 aromatic carbocycles. The molecule has 0 unspecified atom stereocenters. The second kappa shape index (κ2) is 25.7. The summed E-state index contributed by atoms with van der Waals surface area (Å²) in [5.74, 6) is -0.809. The molecule has 0 aromatic heterocycles. The molecule has 0 aliphatic heterocycles. The van der Waals surface area contributed by atoms with Gasteiger partial charge in [0.15, 0.2) is 0 Å². The minimum atomic E-state index is -0.267. The lowest BCUT2D eigenvalue weighted by atomic mass is 10.5. The first-order valence-electron chi connectivity index (χ1n) is 12.0. The van der Waals surface area contributed by atoms with E-state index >= 15 is 0 Å². The van der Waals surface area contributed by atoms with E-state index in [2.05, 4.69) is 21.3 Å². The summed E-state index contributed by atoms with van der Waals surface area (Å²) < 4.78 is 31.4. The fraction of sp³-hybridized carbons (Fsp3) is 0.818. The van der Waals surface area contributed by atoms with Crippen LogP contribution in [0.15, 0.2) is 0 Å². The monoisotopic (exact) mass is 522 g/mol. The van der Waals surface area contributed by atoms with Gasteiger partial charge in [0, 0.05) is 33.1 Å². The Bertz CT molecular complexity index is 595. The Morgan fingerprint density at radius 2 is 0.806 bits per heavy atom. The Morgan fingerprint density at radius 3 is 1.17 bits per heavy atom. The lowest BCUT2D eigenvalue weighted by Crippen LogP contribution is -2.32. The third-order valence-corrected chi connectivity index (χ3v) is 3.95. The van der Waals surface area contributed by atoms with Crippen molar-refractivity contribution in [1.82, 2.24) is 21.3 Å². The quantitative estimate of drug-likeness (QED) is 0.0947. The summed E-state index contributed by atoms with van der Waals surface area (Å²) in [6.45, 7) is 7.52. The van der Waals surface area contributed by atoms with Gasteiger partial charge in [-0.3, -0.25) is 19.2 Å². The van der Waals surface area contributed by atoms with Crippen LogP contribution in [0.25, 0.3) is 0 Å². The highest BCUT2D eigenvalue weighted by molar-refractivity contribution is 5.77. The molecule has 0 atom stereocenters. The zero-order valence-electron chi connectivity index (χ0n) is 21.4. The van der Waals surface area contributed by atoms with E-state index in [0.29, 0.717) is 65.8 Å². The van der Waals surface area contributed by atoms with Crippen molar-refractivity contribution in [3.8, 4) is 0 Å². The maximum atomic E-state index is 11.6. The number of likely N-dealkylation sites (N-methyl/N-ethyl adjacent to an activating group) is 1. The minimum absolute atomic E-state index is 0.000656. The predicted octanol–water partition coefficient (Wildman–Crippen LogP) is -2.41. The molecule has 210 valence electrons. The molecule has 0 heterocycles. The molecule has 0 aromatic rings. The Balaban J connectivity index is 3.31. The van der Waals surface area contributed by atoms with Gasteiger partial charge >= 0.3 is 0 Å². The van der Waals surface area contributed by atoms with E-state index in [4.69, 9.17) is 28.4 Å². The van der Waals surface area contributed by atoms with Crippen LogP contribution in [0.3, 0.4) is 0 Å². The average Bonchev–Trinajstić information content (AvgIpc) is 2.84. The van der Waals surface area contributed by atoms with Crippen LogP contribution in [-0.2, 0) is 47.6 Å². The van der Waals surface area contributed by atoms with Crippen LogP contribution in [-0.4, -0.2) is 129 Å². The second-order valence-corrected chi connectivity index (χ2v) is 7.13. The largest absolute Gasteiger partial charge is 0.377 e. The normalized spacial score (nSPS) is 10.6. The van der Waals surface area contributed by atoms with Gasteiger partial charge in [0.1, 0.15) is 19.8 Å². The van der Waals surface area contributed by atoms with Crippen molar-refractivity contribution >= 4 is 23.6 Å². The lowest BCUT2D eigenvalue weighted by molar-refractivity contribution is -0.127. The third-order valence-electron chi connectivity index (χ3n) is 3.95. The molecular formula is C22H42N4O10. The third kappa shape index (κ3) is 26.2. The molecule has 36 heavy (non-hydrogen) atoms. The van der Waals surface area contributed by atoms with Crippen LogP contribution in [0, 0.1) is 0 Å². The molecule has 0 bridgehead atoms. The fourth-order valence-electron chi connectivity index (χ4n) is 2.33. The summed E-state index contributed by atoms with van der Waals surface area (Å²) in [5, 5.41) is 10.5. The smallest absolute Gasteiger partial charge is 0.246 e. The standard InChI is InChI=1S/C22H42N4O10/c1-3-23-20(28)16-34-13-11-32-8-5-25-22(30)18-36-15-12-33-9-6-26-21(29)17-35-14-10-31-7-4-24-19(2)27/h3-18H2,1-2H3,(H,23,28)(H,24,27)(H,25,30)(H,26,29). The number of hydrogen-bond donors (Lipinski definition) is 4. The van der Waals surface area contributed by atoms with Crippen LogP contribution < -0.4 is 21.3 Å². The number of amides is 4. The number of carbonyl (C=O) groups excluding carboxylic acids is 4. The van der Waals surface area contributed by atoms with Crippen molar-refractivity contribution in [3.63, 3.8) is 0 Å². The van der Waals surface area contributed by atoms with Crippen molar-refractivity contribution in [3.05, 3.63) is 0 Å². The molecule has 4 amide bonds. The first-order valence-corrected chi connectivity index (χ1v) is 12.0. The van der Waals surface area contributed by atoms with E-state index in [1.165, 1.54) is 6.92 Å². The van der Waals surface area contributed by atoms with Gasteiger partial charge in [0.2, 0.25) is 23.6 Å². The Hall–Kier alpha value is -2.36. The molecule has 4 N–H and O–H groups in total. The molecule has 14 nitrogen and oxygen atoms in total. The van der Waals surface area contributed by atoms with Gasteiger partial charge in [-0.15, -0.1) is 0 Å². The molecule has 14 heteroatoms.